The van der Waals surface area contributed by atoms with Gasteiger partial charge in [0.1, 0.15) is 11.7 Å². The van der Waals surface area contributed by atoms with Crippen LogP contribution in [0, 0.1) is 28.8 Å². The second-order valence-electron chi connectivity index (χ2n) is 4.11. The largest absolute Gasteiger partial charge is 0.292 e. The van der Waals surface area contributed by atoms with Gasteiger partial charge in [0.15, 0.2) is 17.4 Å². The molecule has 5 heteroatoms. The molecule has 0 heterocycles. The van der Waals surface area contributed by atoms with Gasteiger partial charge in [0.25, 0.3) is 0 Å². The van der Waals surface area contributed by atoms with Crippen LogP contribution in [0.2, 0.25) is 0 Å². The molecule has 20 heavy (non-hydrogen) atoms. The van der Waals surface area contributed by atoms with Gasteiger partial charge in [-0.2, -0.15) is 5.26 Å². The number of halogens is 3. The summed E-state index contributed by atoms with van der Waals surface area (Å²) >= 11 is 0. The van der Waals surface area contributed by atoms with Crippen LogP contribution in [-0.4, -0.2) is 5.78 Å². The van der Waals surface area contributed by atoms with Crippen molar-refractivity contribution in [2.75, 3.05) is 0 Å². The summed E-state index contributed by atoms with van der Waals surface area (Å²) in [4.78, 5) is 12.1. The maximum atomic E-state index is 13.1. The molecule has 0 aliphatic heterocycles. The lowest BCUT2D eigenvalue weighted by molar-refractivity contribution is 0.0978. The lowest BCUT2D eigenvalue weighted by Gasteiger charge is -2.09. The van der Waals surface area contributed by atoms with E-state index in [9.17, 15) is 18.0 Å². The smallest absolute Gasteiger partial charge is 0.184 e. The molecule has 2 aromatic carbocycles. The molecule has 0 spiro atoms. The van der Waals surface area contributed by atoms with Gasteiger partial charge in [-0.1, -0.05) is 12.1 Å². The summed E-state index contributed by atoms with van der Waals surface area (Å²) < 4.78 is 39.0. The molecular weight excluding hydrogens is 267 g/mol. The van der Waals surface area contributed by atoms with E-state index in [-0.39, 0.29) is 11.1 Å². The first-order valence-corrected chi connectivity index (χ1v) is 5.67. The Balaban J connectivity index is 2.39. The van der Waals surface area contributed by atoms with Gasteiger partial charge < -0.3 is 0 Å². The van der Waals surface area contributed by atoms with Crippen LogP contribution >= 0.6 is 0 Å². The van der Waals surface area contributed by atoms with Crippen LogP contribution in [0.25, 0.3) is 0 Å². The van der Waals surface area contributed by atoms with E-state index in [1.165, 1.54) is 18.2 Å². The van der Waals surface area contributed by atoms with Crippen molar-refractivity contribution in [3.63, 3.8) is 0 Å². The Hall–Kier alpha value is -2.61. The Morgan fingerprint density at radius 1 is 1.05 bits per heavy atom. The van der Waals surface area contributed by atoms with E-state index < -0.39 is 29.2 Å². The molecule has 100 valence electrons. The summed E-state index contributed by atoms with van der Waals surface area (Å²) in [6, 6.07) is 9.40. The molecular formula is C15H8F3NO. The summed E-state index contributed by atoms with van der Waals surface area (Å²) in [5.74, 6) is -4.82. The zero-order valence-electron chi connectivity index (χ0n) is 10.1. The summed E-state index contributed by atoms with van der Waals surface area (Å²) in [5.41, 5.74) is 0.0296. The minimum Gasteiger partial charge on any atom is -0.292 e. The SMILES string of the molecule is N#CC(C(=O)c1ccc(F)c(F)c1)c1cccc(F)c1. The van der Waals surface area contributed by atoms with Gasteiger partial charge in [0.2, 0.25) is 0 Å². The molecule has 0 saturated heterocycles. The van der Waals surface area contributed by atoms with E-state index >= 15 is 0 Å². The lowest BCUT2D eigenvalue weighted by atomic mass is 9.92. The van der Waals surface area contributed by atoms with E-state index in [0.717, 1.165) is 24.3 Å². The number of hydrogen-bond acceptors (Lipinski definition) is 2. The van der Waals surface area contributed by atoms with Gasteiger partial charge in [-0.3, -0.25) is 4.79 Å². The van der Waals surface area contributed by atoms with E-state index in [2.05, 4.69) is 0 Å². The first-order chi connectivity index (χ1) is 9.52. The molecule has 2 nitrogen and oxygen atoms in total. The zero-order chi connectivity index (χ0) is 14.7. The quantitative estimate of drug-likeness (QED) is 0.803. The minimum absolute atomic E-state index is 0.139. The number of carbonyl (C=O) groups excluding carboxylic acids is 1. The predicted molar refractivity (Wildman–Crippen MR) is 65.4 cm³/mol. The third-order valence-electron chi connectivity index (χ3n) is 2.78. The van der Waals surface area contributed by atoms with Crippen LogP contribution in [0.1, 0.15) is 21.8 Å². The van der Waals surface area contributed by atoms with Crippen LogP contribution in [0.4, 0.5) is 13.2 Å². The lowest BCUT2D eigenvalue weighted by Crippen LogP contribution is -2.12. The van der Waals surface area contributed by atoms with Crippen molar-refractivity contribution in [2.45, 2.75) is 5.92 Å². The zero-order valence-corrected chi connectivity index (χ0v) is 10.1. The molecule has 0 aliphatic carbocycles. The molecule has 0 saturated carbocycles. The molecule has 0 N–H and O–H groups in total. The number of hydrogen-bond donors (Lipinski definition) is 0. The number of benzene rings is 2. The second-order valence-corrected chi connectivity index (χ2v) is 4.11. The fraction of sp³-hybridized carbons (Fsp3) is 0.0667. The molecule has 2 aromatic rings. The first-order valence-electron chi connectivity index (χ1n) is 5.67. The first kappa shape index (κ1) is 13.8. The summed E-state index contributed by atoms with van der Waals surface area (Å²) in [7, 11) is 0. The number of Topliss-reactive ketones (excluding diaryl/α,β-unsaturated/α-hetero) is 1. The summed E-state index contributed by atoms with van der Waals surface area (Å²) in [6.45, 7) is 0. The maximum Gasteiger partial charge on any atom is 0.184 e. The number of carbonyl (C=O) groups is 1. The molecule has 0 amide bonds. The van der Waals surface area contributed by atoms with Gasteiger partial charge in [0, 0.05) is 5.56 Å². The van der Waals surface area contributed by atoms with Gasteiger partial charge in [-0.25, -0.2) is 13.2 Å². The Kier molecular flexibility index (Phi) is 3.85. The topological polar surface area (TPSA) is 40.9 Å². The molecule has 0 aliphatic rings. The third-order valence-corrected chi connectivity index (χ3v) is 2.78. The van der Waals surface area contributed by atoms with Crippen molar-refractivity contribution >= 4 is 5.78 Å². The molecule has 0 radical (unpaired) electrons. The van der Waals surface area contributed by atoms with E-state index in [0.29, 0.717) is 0 Å². The summed E-state index contributed by atoms with van der Waals surface area (Å²) in [6.07, 6.45) is 0. The Morgan fingerprint density at radius 2 is 1.80 bits per heavy atom. The van der Waals surface area contributed by atoms with Gasteiger partial charge in [-0.15, -0.1) is 0 Å². The fourth-order valence-corrected chi connectivity index (χ4v) is 1.79. The van der Waals surface area contributed by atoms with Gasteiger partial charge in [0.05, 0.1) is 6.07 Å². The Bertz CT molecular complexity index is 707. The van der Waals surface area contributed by atoms with E-state index in [1.54, 1.807) is 6.07 Å². The molecule has 0 fully saturated rings. The predicted octanol–water partition coefficient (Wildman–Crippen LogP) is 3.59. The highest BCUT2D eigenvalue weighted by atomic mass is 19.2. The van der Waals surface area contributed by atoms with Gasteiger partial charge >= 0.3 is 0 Å². The highest BCUT2D eigenvalue weighted by Gasteiger charge is 2.23. The maximum absolute atomic E-state index is 13.1. The van der Waals surface area contributed by atoms with E-state index in [4.69, 9.17) is 5.26 Å². The second kappa shape index (κ2) is 5.57. The third kappa shape index (κ3) is 2.69. The van der Waals surface area contributed by atoms with Crippen LogP contribution < -0.4 is 0 Å². The molecule has 0 bridgehead atoms. The van der Waals surface area contributed by atoms with Crippen molar-refractivity contribution < 1.29 is 18.0 Å². The van der Waals surface area contributed by atoms with Crippen LogP contribution in [0.3, 0.4) is 0 Å². The monoisotopic (exact) mass is 275 g/mol. The van der Waals surface area contributed by atoms with Crippen molar-refractivity contribution in [2.24, 2.45) is 0 Å². The average Bonchev–Trinajstić information content (AvgIpc) is 2.42. The molecule has 1 atom stereocenters. The van der Waals surface area contributed by atoms with E-state index in [1.807, 2.05) is 0 Å². The van der Waals surface area contributed by atoms with Crippen molar-refractivity contribution in [1.82, 2.24) is 0 Å². The van der Waals surface area contributed by atoms with Crippen LogP contribution in [0.15, 0.2) is 42.5 Å². The average molecular weight is 275 g/mol. The highest BCUT2D eigenvalue weighted by Crippen LogP contribution is 2.22. The van der Waals surface area contributed by atoms with Crippen molar-refractivity contribution in [1.29, 1.82) is 5.26 Å². The number of nitrogens with zero attached hydrogens (tertiary/aromatic N) is 1. The molecule has 2 rings (SSSR count). The number of rotatable bonds is 3. The Labute approximate surface area is 113 Å². The van der Waals surface area contributed by atoms with Crippen molar-refractivity contribution in [3.8, 4) is 6.07 Å². The normalized spacial score (nSPS) is 11.7. The highest BCUT2D eigenvalue weighted by molar-refractivity contribution is 6.02. The standard InChI is InChI=1S/C15H8F3NO/c16-11-3-1-2-9(6-11)12(8-19)15(20)10-4-5-13(17)14(18)7-10/h1-7,12H. The number of ketones is 1. The Morgan fingerprint density at radius 3 is 2.40 bits per heavy atom. The molecule has 1 unspecified atom stereocenters. The van der Waals surface area contributed by atoms with Crippen molar-refractivity contribution in [3.05, 3.63) is 71.0 Å². The summed E-state index contributed by atoms with van der Waals surface area (Å²) in [5, 5.41) is 9.06. The van der Waals surface area contributed by atoms with Gasteiger partial charge in [-0.05, 0) is 35.9 Å². The van der Waals surface area contributed by atoms with Crippen LogP contribution in [0.5, 0.6) is 0 Å². The molecule has 0 aromatic heterocycles. The van der Waals surface area contributed by atoms with Crippen LogP contribution in [-0.2, 0) is 0 Å². The fourth-order valence-electron chi connectivity index (χ4n) is 1.79. The number of nitriles is 1. The minimum atomic E-state index is -1.27.